The number of ether oxygens (including phenoxy) is 1. The molecule has 0 radical (unpaired) electrons. The lowest BCUT2D eigenvalue weighted by Crippen LogP contribution is -2.47. The Morgan fingerprint density at radius 1 is 1.47 bits per heavy atom. The molecule has 1 aliphatic heterocycles. The molecular formula is C11H14N2O3S. The third-order valence-electron chi connectivity index (χ3n) is 2.50. The molecule has 0 spiro atoms. The van der Waals surface area contributed by atoms with Gasteiger partial charge in [-0.1, -0.05) is 12.2 Å². The lowest BCUT2D eigenvalue weighted by molar-refractivity contribution is -0.128. The first-order chi connectivity index (χ1) is 8.27. The highest BCUT2D eigenvalue weighted by Crippen LogP contribution is 2.01. The van der Waals surface area contributed by atoms with E-state index in [9.17, 15) is 4.79 Å². The third-order valence-corrected chi connectivity index (χ3v) is 2.81. The van der Waals surface area contributed by atoms with E-state index >= 15 is 0 Å². The lowest BCUT2D eigenvalue weighted by atomic mass is 10.4. The maximum atomic E-state index is 11.9. The van der Waals surface area contributed by atoms with E-state index in [4.69, 9.17) is 21.4 Å². The first kappa shape index (κ1) is 12.1. The van der Waals surface area contributed by atoms with Crippen LogP contribution < -0.4 is 5.32 Å². The molecule has 1 N–H and O–H groups in total. The van der Waals surface area contributed by atoms with Crippen LogP contribution in [0.3, 0.4) is 0 Å². The summed E-state index contributed by atoms with van der Waals surface area (Å²) in [6, 6.07) is 3.62. The summed E-state index contributed by atoms with van der Waals surface area (Å²) in [5.74, 6) is 0.608. The molecule has 0 aromatic carbocycles. The molecule has 6 heteroatoms. The van der Waals surface area contributed by atoms with E-state index in [2.05, 4.69) is 5.32 Å². The number of rotatable bonds is 2. The minimum absolute atomic E-state index is 0.144. The summed E-state index contributed by atoms with van der Waals surface area (Å²) in [6.45, 7) is 2.78. The molecule has 1 amide bonds. The van der Waals surface area contributed by atoms with Crippen molar-refractivity contribution < 1.29 is 13.9 Å². The van der Waals surface area contributed by atoms with Crippen LogP contribution in [0.25, 0.3) is 0 Å². The molecular weight excluding hydrogens is 240 g/mol. The Hall–Kier alpha value is -1.40. The number of morpholine rings is 1. The highest BCUT2D eigenvalue weighted by molar-refractivity contribution is 7.82. The second kappa shape index (κ2) is 5.79. The standard InChI is InChI=1S/C11H14N2O3S/c14-11(13-3-6-15-7-4-13)10(17)12-8-9-2-1-5-16-9/h1-2,5H,3-4,6-8H2,(H,12,17). The zero-order valence-electron chi connectivity index (χ0n) is 9.35. The molecule has 0 saturated carbocycles. The van der Waals surface area contributed by atoms with Gasteiger partial charge >= 0.3 is 0 Å². The van der Waals surface area contributed by atoms with Crippen molar-refractivity contribution in [1.82, 2.24) is 10.2 Å². The van der Waals surface area contributed by atoms with Gasteiger partial charge in [-0.25, -0.2) is 0 Å². The maximum absolute atomic E-state index is 11.9. The SMILES string of the molecule is O=C(C(=S)NCc1ccco1)N1CCOCC1. The minimum Gasteiger partial charge on any atom is -0.467 e. The zero-order valence-corrected chi connectivity index (χ0v) is 10.2. The van der Waals surface area contributed by atoms with Crippen molar-refractivity contribution in [2.45, 2.75) is 6.54 Å². The normalized spacial score (nSPS) is 15.6. The van der Waals surface area contributed by atoms with Crippen LogP contribution >= 0.6 is 12.2 Å². The molecule has 5 nitrogen and oxygen atoms in total. The van der Waals surface area contributed by atoms with Gasteiger partial charge in [0, 0.05) is 13.1 Å². The van der Waals surface area contributed by atoms with Gasteiger partial charge in [0.05, 0.1) is 26.0 Å². The molecule has 0 atom stereocenters. The molecule has 1 fully saturated rings. The lowest BCUT2D eigenvalue weighted by Gasteiger charge is -2.27. The number of furan rings is 1. The Labute approximate surface area is 105 Å². The van der Waals surface area contributed by atoms with Gasteiger partial charge in [0.2, 0.25) is 0 Å². The summed E-state index contributed by atoms with van der Waals surface area (Å²) in [5.41, 5.74) is 0. The topological polar surface area (TPSA) is 54.7 Å². The number of hydrogen-bond donors (Lipinski definition) is 1. The molecule has 0 unspecified atom stereocenters. The second-order valence-corrected chi connectivity index (χ2v) is 4.07. The third kappa shape index (κ3) is 3.28. The van der Waals surface area contributed by atoms with Crippen LogP contribution in [0.15, 0.2) is 22.8 Å². The maximum Gasteiger partial charge on any atom is 0.281 e. The van der Waals surface area contributed by atoms with E-state index in [0.29, 0.717) is 32.8 Å². The zero-order chi connectivity index (χ0) is 12.1. The molecule has 1 aromatic heterocycles. The number of amides is 1. The molecule has 0 aliphatic carbocycles. The van der Waals surface area contributed by atoms with Crippen LogP contribution in [0.2, 0.25) is 0 Å². The van der Waals surface area contributed by atoms with E-state index in [1.807, 2.05) is 6.07 Å². The predicted octanol–water partition coefficient (Wildman–Crippen LogP) is 0.555. The van der Waals surface area contributed by atoms with Gasteiger partial charge < -0.3 is 19.4 Å². The van der Waals surface area contributed by atoms with Gasteiger partial charge in [-0.3, -0.25) is 4.79 Å². The highest BCUT2D eigenvalue weighted by Gasteiger charge is 2.20. The van der Waals surface area contributed by atoms with Crippen molar-refractivity contribution in [1.29, 1.82) is 0 Å². The van der Waals surface area contributed by atoms with Gasteiger partial charge in [-0.05, 0) is 12.1 Å². The van der Waals surface area contributed by atoms with E-state index < -0.39 is 0 Å². The van der Waals surface area contributed by atoms with Crippen LogP contribution in [0.4, 0.5) is 0 Å². The summed E-state index contributed by atoms with van der Waals surface area (Å²) in [6.07, 6.45) is 1.59. The quantitative estimate of drug-likeness (QED) is 0.781. The number of carbonyl (C=O) groups excluding carboxylic acids is 1. The Balaban J connectivity index is 1.80. The summed E-state index contributed by atoms with van der Waals surface area (Å²) in [7, 11) is 0. The van der Waals surface area contributed by atoms with Crippen molar-refractivity contribution in [3.8, 4) is 0 Å². The fourth-order valence-electron chi connectivity index (χ4n) is 1.57. The first-order valence-electron chi connectivity index (χ1n) is 5.44. The van der Waals surface area contributed by atoms with E-state index in [1.54, 1.807) is 17.2 Å². The predicted molar refractivity (Wildman–Crippen MR) is 65.5 cm³/mol. The number of thiocarbonyl (C=S) groups is 1. The van der Waals surface area contributed by atoms with Crippen molar-refractivity contribution in [3.63, 3.8) is 0 Å². The van der Waals surface area contributed by atoms with Crippen molar-refractivity contribution in [2.24, 2.45) is 0 Å². The molecule has 0 bridgehead atoms. The number of hydrogen-bond acceptors (Lipinski definition) is 4. The smallest absolute Gasteiger partial charge is 0.281 e. The Morgan fingerprint density at radius 2 is 2.24 bits per heavy atom. The van der Waals surface area contributed by atoms with Crippen molar-refractivity contribution >= 4 is 23.1 Å². The van der Waals surface area contributed by atoms with E-state index in [1.165, 1.54) is 0 Å². The van der Waals surface area contributed by atoms with Gasteiger partial charge in [0.15, 0.2) is 4.99 Å². The Morgan fingerprint density at radius 3 is 2.88 bits per heavy atom. The van der Waals surface area contributed by atoms with Crippen molar-refractivity contribution in [3.05, 3.63) is 24.2 Å². The largest absolute Gasteiger partial charge is 0.467 e. The van der Waals surface area contributed by atoms with Crippen LogP contribution in [-0.4, -0.2) is 42.1 Å². The number of nitrogens with one attached hydrogen (secondary N) is 1. The summed E-state index contributed by atoms with van der Waals surface area (Å²) < 4.78 is 10.3. The molecule has 1 saturated heterocycles. The van der Waals surface area contributed by atoms with Gasteiger partial charge in [0.1, 0.15) is 5.76 Å². The molecule has 2 heterocycles. The van der Waals surface area contributed by atoms with Gasteiger partial charge in [-0.2, -0.15) is 0 Å². The average Bonchev–Trinajstić information content (AvgIpc) is 2.89. The highest BCUT2D eigenvalue weighted by atomic mass is 32.1. The Bertz CT molecular complexity index is 385. The number of nitrogens with zero attached hydrogens (tertiary/aromatic N) is 1. The fourth-order valence-corrected chi connectivity index (χ4v) is 1.77. The minimum atomic E-state index is -0.144. The summed E-state index contributed by atoms with van der Waals surface area (Å²) in [5, 5.41) is 2.89. The molecule has 92 valence electrons. The molecule has 17 heavy (non-hydrogen) atoms. The van der Waals surface area contributed by atoms with E-state index in [0.717, 1.165) is 5.76 Å². The van der Waals surface area contributed by atoms with Crippen LogP contribution in [0.1, 0.15) is 5.76 Å². The monoisotopic (exact) mass is 254 g/mol. The van der Waals surface area contributed by atoms with Crippen LogP contribution in [-0.2, 0) is 16.1 Å². The summed E-state index contributed by atoms with van der Waals surface area (Å²) >= 11 is 5.05. The van der Waals surface area contributed by atoms with Gasteiger partial charge in [0.25, 0.3) is 5.91 Å². The molecule has 1 aromatic rings. The fraction of sp³-hybridized carbons (Fsp3) is 0.455. The summed E-state index contributed by atoms with van der Waals surface area (Å²) in [4.78, 5) is 13.8. The van der Waals surface area contributed by atoms with E-state index in [-0.39, 0.29) is 10.9 Å². The second-order valence-electron chi connectivity index (χ2n) is 3.67. The average molecular weight is 254 g/mol. The van der Waals surface area contributed by atoms with Crippen LogP contribution in [0.5, 0.6) is 0 Å². The molecule has 2 rings (SSSR count). The number of carbonyl (C=O) groups is 1. The van der Waals surface area contributed by atoms with Crippen LogP contribution in [0, 0.1) is 0 Å². The van der Waals surface area contributed by atoms with Crippen molar-refractivity contribution in [2.75, 3.05) is 26.3 Å². The Kier molecular flexibility index (Phi) is 4.11. The first-order valence-corrected chi connectivity index (χ1v) is 5.85. The van der Waals surface area contributed by atoms with Gasteiger partial charge in [-0.15, -0.1) is 0 Å². The molecule has 1 aliphatic rings.